The average molecular weight is 288 g/mol. The van der Waals surface area contributed by atoms with E-state index in [0.717, 1.165) is 25.8 Å². The van der Waals surface area contributed by atoms with Crippen LogP contribution in [0.1, 0.15) is 0 Å². The first-order chi connectivity index (χ1) is 2.89. The molecular weight excluding hydrogens is 284 g/mol. The van der Waals surface area contributed by atoms with Crippen LogP contribution in [0.2, 0.25) is 0 Å². The third kappa shape index (κ3) is 1.04. The van der Waals surface area contributed by atoms with Crippen molar-refractivity contribution in [3.05, 3.63) is 17.5 Å². The van der Waals surface area contributed by atoms with Gasteiger partial charge in [0.1, 0.15) is 0 Å². The molecule has 6 heavy (non-hydrogen) atoms. The van der Waals surface area contributed by atoms with Gasteiger partial charge in [-0.1, -0.05) is 0 Å². The summed E-state index contributed by atoms with van der Waals surface area (Å²) in [6.45, 7) is 0. The van der Waals surface area contributed by atoms with Crippen molar-refractivity contribution in [2.45, 2.75) is 0 Å². The molecule has 0 unspecified atom stereocenters. The molecule has 0 aliphatic rings. The molecule has 0 aliphatic carbocycles. The molecule has 0 aromatic carbocycles. The van der Waals surface area contributed by atoms with Crippen LogP contribution >= 0.6 is 11.3 Å². The molecule has 0 N–H and O–H groups in total. The van der Waals surface area contributed by atoms with Crippen molar-refractivity contribution < 1.29 is 0 Å². The van der Waals surface area contributed by atoms with Gasteiger partial charge in [-0.25, -0.2) is 0 Å². The van der Waals surface area contributed by atoms with Crippen molar-refractivity contribution >= 4 is 39.5 Å². The van der Waals surface area contributed by atoms with Gasteiger partial charge in [-0.15, -0.1) is 0 Å². The van der Waals surface area contributed by atoms with Gasteiger partial charge >= 0.3 is 57.1 Å². The summed E-state index contributed by atoms with van der Waals surface area (Å²) in [7, 11) is 0. The molecule has 1 rings (SSSR count). The minimum atomic E-state index is 1.04. The molecule has 0 nitrogen and oxygen atoms in total. The zero-order valence-electron chi connectivity index (χ0n) is 3.22. The van der Waals surface area contributed by atoms with Crippen molar-refractivity contribution in [2.75, 3.05) is 0 Å². The summed E-state index contributed by atoms with van der Waals surface area (Å²) in [5, 5.41) is 2.12. The molecular formula is C4H3STl. The summed E-state index contributed by atoms with van der Waals surface area (Å²) in [5.74, 6) is 0. The van der Waals surface area contributed by atoms with Gasteiger partial charge in [-0.3, -0.25) is 0 Å². The molecule has 0 radical (unpaired) electrons. The van der Waals surface area contributed by atoms with Crippen LogP contribution < -0.4 is 2.44 Å². The van der Waals surface area contributed by atoms with Crippen LogP contribution in [0.15, 0.2) is 17.5 Å². The van der Waals surface area contributed by atoms with Crippen molar-refractivity contribution in [2.24, 2.45) is 0 Å². The zero-order valence-corrected chi connectivity index (χ0v) is 8.52. The number of thiophene rings is 1. The SMILES string of the molecule is [Tl][c]1cccs1. The molecule has 0 saturated heterocycles. The standard InChI is InChI=1S/C4H3S.Tl/c1-2-4-5-3-1;/h1-3H;. The summed E-state index contributed by atoms with van der Waals surface area (Å²) < 4.78 is 1.55. The Morgan fingerprint density at radius 1 is 1.67 bits per heavy atom. The van der Waals surface area contributed by atoms with E-state index in [4.69, 9.17) is 0 Å². The topological polar surface area (TPSA) is 0 Å². The van der Waals surface area contributed by atoms with Gasteiger partial charge in [0.15, 0.2) is 0 Å². The van der Waals surface area contributed by atoms with Crippen LogP contribution in [0, 0.1) is 0 Å². The van der Waals surface area contributed by atoms with Crippen LogP contribution in [0.5, 0.6) is 0 Å². The molecule has 1 aromatic rings. The van der Waals surface area contributed by atoms with Gasteiger partial charge in [0.05, 0.1) is 0 Å². The van der Waals surface area contributed by atoms with Crippen molar-refractivity contribution in [1.29, 1.82) is 0 Å². The normalized spacial score (nSPS) is 8.50. The maximum atomic E-state index is 2.18. The predicted octanol–water partition coefficient (Wildman–Crippen LogP) is 0.542. The Labute approximate surface area is 56.9 Å². The molecule has 28 valence electrons. The third-order valence-corrected chi connectivity index (χ3v) is 3.58. The fraction of sp³-hybridized carbons (Fsp3) is 0. The van der Waals surface area contributed by atoms with Crippen LogP contribution in [0.3, 0.4) is 0 Å². The molecule has 0 atom stereocenters. The second-order valence-electron chi connectivity index (χ2n) is 1.02. The Morgan fingerprint density at radius 2 is 2.50 bits per heavy atom. The Balaban J connectivity index is 3.05. The van der Waals surface area contributed by atoms with Crippen LogP contribution in [-0.2, 0) is 0 Å². The second-order valence-corrected chi connectivity index (χ2v) is 6.04. The molecule has 2 heteroatoms. The Bertz CT molecular complexity index is 111. The number of rotatable bonds is 0. The Morgan fingerprint density at radius 3 is 2.67 bits per heavy atom. The van der Waals surface area contributed by atoms with E-state index < -0.39 is 0 Å². The van der Waals surface area contributed by atoms with Gasteiger partial charge in [-0.2, -0.15) is 0 Å². The number of hydrogen-bond donors (Lipinski definition) is 0. The van der Waals surface area contributed by atoms with E-state index in [1.165, 1.54) is 0 Å². The summed E-state index contributed by atoms with van der Waals surface area (Å²) in [6.07, 6.45) is 0. The zero-order chi connectivity index (χ0) is 4.41. The molecule has 0 aliphatic heterocycles. The molecule has 0 saturated carbocycles. The molecule has 0 fully saturated rings. The van der Waals surface area contributed by atoms with Gasteiger partial charge in [0.25, 0.3) is 0 Å². The van der Waals surface area contributed by atoms with Gasteiger partial charge in [0, 0.05) is 0 Å². The fourth-order valence-electron chi connectivity index (χ4n) is 0.291. The van der Waals surface area contributed by atoms with Crippen molar-refractivity contribution in [1.82, 2.24) is 0 Å². The molecule has 0 spiro atoms. The Hall–Kier alpha value is 0.622. The molecule has 0 amide bonds. The molecule has 1 aromatic heterocycles. The van der Waals surface area contributed by atoms with E-state index in [2.05, 4.69) is 17.5 Å². The van der Waals surface area contributed by atoms with Crippen molar-refractivity contribution in [3.8, 4) is 0 Å². The molecule has 0 bridgehead atoms. The minimum absolute atomic E-state index is 1.04. The van der Waals surface area contributed by atoms with E-state index in [1.54, 1.807) is 2.44 Å². The van der Waals surface area contributed by atoms with E-state index in [-0.39, 0.29) is 0 Å². The van der Waals surface area contributed by atoms with Crippen LogP contribution in [-0.4, -0.2) is 25.8 Å². The first-order valence-corrected chi connectivity index (χ1v) is 4.81. The monoisotopic (exact) mass is 288 g/mol. The van der Waals surface area contributed by atoms with Crippen molar-refractivity contribution in [3.63, 3.8) is 0 Å². The van der Waals surface area contributed by atoms with Crippen LogP contribution in [0.4, 0.5) is 0 Å². The first-order valence-electron chi connectivity index (χ1n) is 1.68. The maximum absolute atomic E-state index is 2.18. The van der Waals surface area contributed by atoms with Gasteiger partial charge < -0.3 is 0 Å². The van der Waals surface area contributed by atoms with Gasteiger partial charge in [-0.05, 0) is 0 Å². The summed E-state index contributed by atoms with van der Waals surface area (Å²) >= 11 is 2.89. The quantitative estimate of drug-likeness (QED) is 0.611. The van der Waals surface area contributed by atoms with E-state index in [1.807, 2.05) is 11.3 Å². The third-order valence-electron chi connectivity index (χ3n) is 0.543. The second kappa shape index (κ2) is 2.07. The summed E-state index contributed by atoms with van der Waals surface area (Å²) in [5.41, 5.74) is 0. The molecule has 1 heterocycles. The van der Waals surface area contributed by atoms with E-state index in [0.29, 0.717) is 0 Å². The Kier molecular flexibility index (Phi) is 1.64. The van der Waals surface area contributed by atoms with E-state index >= 15 is 0 Å². The summed E-state index contributed by atoms with van der Waals surface area (Å²) in [4.78, 5) is 0. The first kappa shape index (κ1) is 4.77. The average Bonchev–Trinajstić information content (AvgIpc) is 1.86. The summed E-state index contributed by atoms with van der Waals surface area (Å²) in [6, 6.07) is 4.27. The van der Waals surface area contributed by atoms with E-state index in [9.17, 15) is 0 Å². The van der Waals surface area contributed by atoms with Gasteiger partial charge in [0.2, 0.25) is 0 Å². The predicted molar refractivity (Wildman–Crippen MR) is 29.7 cm³/mol. The van der Waals surface area contributed by atoms with Crippen LogP contribution in [0.25, 0.3) is 0 Å². The number of hydrogen-bond acceptors (Lipinski definition) is 1. The fourth-order valence-corrected chi connectivity index (χ4v) is 2.11.